The van der Waals surface area contributed by atoms with E-state index in [0.29, 0.717) is 18.0 Å². The van der Waals surface area contributed by atoms with Gasteiger partial charge in [0.05, 0.1) is 6.54 Å². The maximum atomic E-state index is 12.4. The summed E-state index contributed by atoms with van der Waals surface area (Å²) >= 11 is 0. The first kappa shape index (κ1) is 17.0. The van der Waals surface area contributed by atoms with E-state index in [1.807, 2.05) is 19.0 Å². The maximum Gasteiger partial charge on any atom is 0.236 e. The van der Waals surface area contributed by atoms with Crippen molar-refractivity contribution >= 4 is 5.91 Å². The summed E-state index contributed by atoms with van der Waals surface area (Å²) in [6.07, 6.45) is 6.18. The molecular weight excluding hydrogens is 310 g/mol. The van der Waals surface area contributed by atoms with E-state index in [0.717, 1.165) is 25.9 Å². The molecule has 2 aliphatic heterocycles. The minimum atomic E-state index is 0.280. The molecule has 4 nitrogen and oxygen atoms in total. The molecule has 0 bridgehead atoms. The zero-order chi connectivity index (χ0) is 17.4. The summed E-state index contributed by atoms with van der Waals surface area (Å²) < 4.78 is 0. The van der Waals surface area contributed by atoms with E-state index < -0.39 is 0 Å². The fourth-order valence-electron chi connectivity index (χ4n) is 5.27. The Morgan fingerprint density at radius 3 is 2.48 bits per heavy atom. The van der Waals surface area contributed by atoms with Crippen LogP contribution in [0.4, 0.5) is 0 Å². The lowest BCUT2D eigenvalue weighted by Gasteiger charge is -2.41. The van der Waals surface area contributed by atoms with Crippen molar-refractivity contribution in [2.75, 3.05) is 46.8 Å². The second-order valence-corrected chi connectivity index (χ2v) is 8.45. The molecule has 0 saturated carbocycles. The highest BCUT2D eigenvalue weighted by Gasteiger charge is 2.47. The molecule has 1 aromatic carbocycles. The predicted octanol–water partition coefficient (Wildman–Crippen LogP) is 2.65. The van der Waals surface area contributed by atoms with Gasteiger partial charge in [-0.05, 0) is 70.4 Å². The van der Waals surface area contributed by atoms with Crippen molar-refractivity contribution in [2.45, 2.75) is 43.6 Å². The van der Waals surface area contributed by atoms with Crippen LogP contribution in [0.3, 0.4) is 0 Å². The number of rotatable bonds is 3. The van der Waals surface area contributed by atoms with E-state index in [4.69, 9.17) is 0 Å². The van der Waals surface area contributed by atoms with E-state index in [2.05, 4.69) is 34.1 Å². The second kappa shape index (κ2) is 6.73. The van der Waals surface area contributed by atoms with Gasteiger partial charge in [-0.1, -0.05) is 24.3 Å². The Morgan fingerprint density at radius 1 is 1.12 bits per heavy atom. The lowest BCUT2D eigenvalue weighted by atomic mass is 9.73. The lowest BCUT2D eigenvalue weighted by Crippen LogP contribution is -2.47. The van der Waals surface area contributed by atoms with Gasteiger partial charge < -0.3 is 9.80 Å². The molecule has 4 rings (SSSR count). The molecule has 0 N–H and O–H groups in total. The third-order valence-electron chi connectivity index (χ3n) is 6.58. The molecule has 2 saturated heterocycles. The predicted molar refractivity (Wildman–Crippen MR) is 101 cm³/mol. The fraction of sp³-hybridized carbons (Fsp3) is 0.667. The molecule has 2 heterocycles. The third-order valence-corrected chi connectivity index (χ3v) is 6.58. The highest BCUT2D eigenvalue weighted by atomic mass is 16.2. The summed E-state index contributed by atoms with van der Waals surface area (Å²) in [4.78, 5) is 19.2. The summed E-state index contributed by atoms with van der Waals surface area (Å²) in [5, 5.41) is 0. The van der Waals surface area contributed by atoms with Gasteiger partial charge in [-0.2, -0.15) is 0 Å². The fourth-order valence-corrected chi connectivity index (χ4v) is 5.27. The van der Waals surface area contributed by atoms with Gasteiger partial charge in [-0.15, -0.1) is 0 Å². The Labute approximate surface area is 151 Å². The Kier molecular flexibility index (Phi) is 4.59. The van der Waals surface area contributed by atoms with Gasteiger partial charge in [0.1, 0.15) is 0 Å². The van der Waals surface area contributed by atoms with Gasteiger partial charge in [0.2, 0.25) is 5.91 Å². The molecule has 1 aliphatic carbocycles. The summed E-state index contributed by atoms with van der Waals surface area (Å²) in [5.41, 5.74) is 3.43. The van der Waals surface area contributed by atoms with E-state index in [9.17, 15) is 4.79 Å². The number of piperidine rings is 1. The van der Waals surface area contributed by atoms with E-state index in [-0.39, 0.29) is 5.91 Å². The Morgan fingerprint density at radius 2 is 1.80 bits per heavy atom. The third kappa shape index (κ3) is 3.11. The number of amides is 1. The first-order valence-electron chi connectivity index (χ1n) is 9.85. The normalized spacial score (nSPS) is 25.7. The Hall–Kier alpha value is -1.39. The van der Waals surface area contributed by atoms with Crippen molar-refractivity contribution in [3.8, 4) is 0 Å². The first-order valence-corrected chi connectivity index (χ1v) is 9.85. The Bertz CT molecular complexity index is 628. The van der Waals surface area contributed by atoms with Crippen LogP contribution in [0.5, 0.6) is 0 Å². The van der Waals surface area contributed by atoms with Gasteiger partial charge in [0.25, 0.3) is 0 Å². The van der Waals surface area contributed by atoms with Crippen molar-refractivity contribution < 1.29 is 4.79 Å². The number of fused-ring (bicyclic) bond motifs is 2. The van der Waals surface area contributed by atoms with Crippen LogP contribution in [-0.2, 0) is 10.2 Å². The van der Waals surface area contributed by atoms with E-state index >= 15 is 0 Å². The monoisotopic (exact) mass is 341 g/mol. The first-order chi connectivity index (χ1) is 12.1. The molecule has 1 atom stereocenters. The van der Waals surface area contributed by atoms with Crippen LogP contribution in [0.25, 0.3) is 0 Å². The summed E-state index contributed by atoms with van der Waals surface area (Å²) in [6, 6.07) is 9.73. The van der Waals surface area contributed by atoms with Crippen LogP contribution >= 0.6 is 0 Å². The molecule has 1 spiro atoms. The number of benzene rings is 1. The van der Waals surface area contributed by atoms with Crippen molar-refractivity contribution in [3.63, 3.8) is 0 Å². The van der Waals surface area contributed by atoms with Crippen molar-refractivity contribution in [2.24, 2.45) is 0 Å². The maximum absolute atomic E-state index is 12.4. The number of nitrogens with zero attached hydrogens (tertiary/aromatic N) is 3. The van der Waals surface area contributed by atoms with Gasteiger partial charge in [-0.25, -0.2) is 0 Å². The molecule has 136 valence electrons. The number of likely N-dealkylation sites (N-methyl/N-ethyl adjacent to an activating group) is 1. The average Bonchev–Trinajstić information content (AvgIpc) is 3.23. The molecular formula is C21H31N3O. The van der Waals surface area contributed by atoms with Gasteiger partial charge in [0.15, 0.2) is 0 Å². The molecule has 1 aromatic rings. The van der Waals surface area contributed by atoms with Gasteiger partial charge in [-0.3, -0.25) is 9.69 Å². The number of hydrogen-bond donors (Lipinski definition) is 0. The minimum absolute atomic E-state index is 0.280. The zero-order valence-corrected chi connectivity index (χ0v) is 15.7. The highest BCUT2D eigenvalue weighted by Crippen LogP contribution is 2.53. The van der Waals surface area contributed by atoms with Gasteiger partial charge in [0, 0.05) is 24.5 Å². The van der Waals surface area contributed by atoms with Crippen LogP contribution in [0.2, 0.25) is 0 Å². The topological polar surface area (TPSA) is 26.8 Å². The van der Waals surface area contributed by atoms with Crippen LogP contribution < -0.4 is 0 Å². The van der Waals surface area contributed by atoms with E-state index in [1.165, 1.54) is 32.4 Å². The quantitative estimate of drug-likeness (QED) is 0.846. The SMILES string of the molecule is CN(C)CC(=O)N1CCC2(CC1)C[C@H](N1CCCC1)c1ccccc12. The van der Waals surface area contributed by atoms with Crippen molar-refractivity contribution in [3.05, 3.63) is 35.4 Å². The highest BCUT2D eigenvalue weighted by molar-refractivity contribution is 5.78. The minimum Gasteiger partial charge on any atom is -0.342 e. The lowest BCUT2D eigenvalue weighted by molar-refractivity contribution is -0.133. The van der Waals surface area contributed by atoms with Gasteiger partial charge >= 0.3 is 0 Å². The van der Waals surface area contributed by atoms with Crippen LogP contribution in [-0.4, -0.2) is 67.4 Å². The average molecular weight is 341 g/mol. The molecule has 3 aliphatic rings. The van der Waals surface area contributed by atoms with Crippen LogP contribution in [0.1, 0.15) is 49.3 Å². The summed E-state index contributed by atoms with van der Waals surface area (Å²) in [6.45, 7) is 4.85. The Balaban J connectivity index is 1.52. The molecule has 1 amide bonds. The zero-order valence-electron chi connectivity index (χ0n) is 15.7. The second-order valence-electron chi connectivity index (χ2n) is 8.45. The van der Waals surface area contributed by atoms with Crippen molar-refractivity contribution in [1.82, 2.24) is 14.7 Å². The number of carbonyl (C=O) groups excluding carboxylic acids is 1. The number of carbonyl (C=O) groups is 1. The molecule has 0 radical (unpaired) electrons. The van der Waals surface area contributed by atoms with Crippen molar-refractivity contribution in [1.29, 1.82) is 0 Å². The molecule has 4 heteroatoms. The van der Waals surface area contributed by atoms with Crippen LogP contribution in [0.15, 0.2) is 24.3 Å². The smallest absolute Gasteiger partial charge is 0.236 e. The number of hydrogen-bond acceptors (Lipinski definition) is 3. The summed E-state index contributed by atoms with van der Waals surface area (Å²) in [5.74, 6) is 0.280. The number of likely N-dealkylation sites (tertiary alicyclic amines) is 2. The molecule has 0 aromatic heterocycles. The largest absolute Gasteiger partial charge is 0.342 e. The van der Waals surface area contributed by atoms with E-state index in [1.54, 1.807) is 11.1 Å². The summed E-state index contributed by atoms with van der Waals surface area (Å²) in [7, 11) is 3.94. The molecule has 0 unspecified atom stereocenters. The standard InChI is InChI=1S/C21H31N3O/c1-22(2)16-20(25)24-13-9-21(10-14-24)15-19(23-11-5-6-12-23)17-7-3-4-8-18(17)21/h3-4,7-8,19H,5-6,9-16H2,1-2H3/t19-/m0/s1. The molecule has 25 heavy (non-hydrogen) atoms. The molecule has 2 fully saturated rings. The van der Waals surface area contributed by atoms with Crippen LogP contribution in [0, 0.1) is 0 Å².